The molecule has 1 rings (SSSR count). The SMILES string of the molecule is O=[C]N1CCOSC1. The maximum atomic E-state index is 9.89. The number of amides is 1. The zero-order valence-electron chi connectivity index (χ0n) is 4.29. The van der Waals surface area contributed by atoms with E-state index in [9.17, 15) is 4.79 Å². The largest absolute Gasteiger partial charge is 0.321 e. The Kier molecular flexibility index (Phi) is 2.17. The molecule has 1 saturated heterocycles. The second-order valence-corrected chi connectivity index (χ2v) is 2.15. The fourth-order valence-electron chi connectivity index (χ4n) is 0.444. The quantitative estimate of drug-likeness (QED) is 0.470. The maximum Gasteiger partial charge on any atom is 0.312 e. The molecule has 0 saturated carbocycles. The van der Waals surface area contributed by atoms with Crippen molar-refractivity contribution >= 4 is 18.5 Å². The van der Waals surface area contributed by atoms with Gasteiger partial charge in [0.2, 0.25) is 0 Å². The maximum absolute atomic E-state index is 9.89. The highest BCUT2D eigenvalue weighted by atomic mass is 32.2. The molecule has 0 bridgehead atoms. The van der Waals surface area contributed by atoms with E-state index >= 15 is 0 Å². The summed E-state index contributed by atoms with van der Waals surface area (Å²) in [7, 11) is 0. The Morgan fingerprint density at radius 3 is 3.00 bits per heavy atom. The van der Waals surface area contributed by atoms with Crippen LogP contribution in [0, 0.1) is 0 Å². The van der Waals surface area contributed by atoms with E-state index in [0.717, 1.165) is 0 Å². The van der Waals surface area contributed by atoms with Gasteiger partial charge in [-0.15, -0.1) is 0 Å². The van der Waals surface area contributed by atoms with E-state index in [4.69, 9.17) is 4.18 Å². The van der Waals surface area contributed by atoms with Crippen LogP contribution in [0.25, 0.3) is 0 Å². The van der Waals surface area contributed by atoms with Crippen LogP contribution < -0.4 is 0 Å². The van der Waals surface area contributed by atoms with Crippen molar-refractivity contribution in [3.8, 4) is 0 Å². The van der Waals surface area contributed by atoms with Crippen LogP contribution >= 0.6 is 12.0 Å². The summed E-state index contributed by atoms with van der Waals surface area (Å²) in [6.07, 6.45) is 1.79. The first-order valence-electron chi connectivity index (χ1n) is 2.30. The second kappa shape index (κ2) is 2.94. The van der Waals surface area contributed by atoms with Gasteiger partial charge in [-0.2, -0.15) is 0 Å². The van der Waals surface area contributed by atoms with Crippen molar-refractivity contribution < 1.29 is 8.98 Å². The van der Waals surface area contributed by atoms with Crippen LogP contribution in [0.2, 0.25) is 0 Å². The zero-order chi connectivity index (χ0) is 5.82. The predicted molar refractivity (Wildman–Crippen MR) is 30.8 cm³/mol. The molecular weight excluding hydrogens is 126 g/mol. The van der Waals surface area contributed by atoms with E-state index in [0.29, 0.717) is 19.0 Å². The average Bonchev–Trinajstić information content (AvgIpc) is 1.90. The molecule has 1 radical (unpaired) electrons. The molecule has 1 heterocycles. The molecule has 1 fully saturated rings. The van der Waals surface area contributed by atoms with E-state index in [-0.39, 0.29) is 0 Å². The van der Waals surface area contributed by atoms with Gasteiger partial charge in [0, 0.05) is 18.6 Å². The van der Waals surface area contributed by atoms with Gasteiger partial charge in [-0.25, -0.2) is 0 Å². The number of carbonyl (C=O) groups excluding carboxylic acids is 1. The van der Waals surface area contributed by atoms with Crippen LogP contribution in [0.5, 0.6) is 0 Å². The molecular formula is C4H6NO2S. The summed E-state index contributed by atoms with van der Waals surface area (Å²) in [6, 6.07) is 0. The molecule has 0 aromatic heterocycles. The van der Waals surface area contributed by atoms with Crippen LogP contribution in [-0.4, -0.2) is 30.3 Å². The minimum Gasteiger partial charge on any atom is -0.321 e. The summed E-state index contributed by atoms with van der Waals surface area (Å²) in [6.45, 7) is 1.30. The minimum absolute atomic E-state index is 0.615. The summed E-state index contributed by atoms with van der Waals surface area (Å²) in [4.78, 5) is 11.4. The van der Waals surface area contributed by atoms with E-state index in [1.54, 1.807) is 11.3 Å². The number of hydrogen-bond donors (Lipinski definition) is 0. The van der Waals surface area contributed by atoms with Crippen molar-refractivity contribution in [1.82, 2.24) is 4.90 Å². The molecule has 1 amide bonds. The first-order chi connectivity index (χ1) is 3.93. The van der Waals surface area contributed by atoms with E-state index < -0.39 is 0 Å². The lowest BCUT2D eigenvalue weighted by molar-refractivity contribution is 0.280. The molecule has 0 aliphatic carbocycles. The van der Waals surface area contributed by atoms with Crippen LogP contribution in [0.15, 0.2) is 0 Å². The van der Waals surface area contributed by atoms with E-state index in [1.807, 2.05) is 0 Å². The standard InChI is InChI=1S/C4H6NO2S/c6-3-5-1-2-7-8-4-5/h1-2,4H2. The Morgan fingerprint density at radius 2 is 2.62 bits per heavy atom. The lowest BCUT2D eigenvalue weighted by atomic mass is 10.6. The molecule has 0 spiro atoms. The van der Waals surface area contributed by atoms with Crippen LogP contribution in [0.4, 0.5) is 0 Å². The molecule has 3 nitrogen and oxygen atoms in total. The van der Waals surface area contributed by atoms with Crippen molar-refractivity contribution in [1.29, 1.82) is 0 Å². The Balaban J connectivity index is 2.22. The van der Waals surface area contributed by atoms with E-state index in [2.05, 4.69) is 0 Å². The van der Waals surface area contributed by atoms with Crippen molar-refractivity contribution in [2.45, 2.75) is 0 Å². The Morgan fingerprint density at radius 1 is 1.75 bits per heavy atom. The van der Waals surface area contributed by atoms with Crippen molar-refractivity contribution in [3.05, 3.63) is 0 Å². The molecule has 45 valence electrons. The van der Waals surface area contributed by atoms with Gasteiger partial charge in [0.15, 0.2) is 0 Å². The number of rotatable bonds is 1. The smallest absolute Gasteiger partial charge is 0.312 e. The Bertz CT molecular complexity index is 82.1. The molecule has 4 heteroatoms. The highest BCUT2D eigenvalue weighted by Crippen LogP contribution is 2.08. The van der Waals surface area contributed by atoms with E-state index in [1.165, 1.54) is 12.0 Å². The minimum atomic E-state index is 0.615. The molecule has 1 aliphatic rings. The molecule has 0 atom stereocenters. The summed E-state index contributed by atoms with van der Waals surface area (Å²) in [5.41, 5.74) is 0. The normalized spacial score (nSPS) is 20.8. The molecule has 0 unspecified atom stereocenters. The average molecular weight is 132 g/mol. The Labute approximate surface area is 52.2 Å². The zero-order valence-corrected chi connectivity index (χ0v) is 5.11. The van der Waals surface area contributed by atoms with Gasteiger partial charge in [0.05, 0.1) is 12.5 Å². The summed E-state index contributed by atoms with van der Waals surface area (Å²) in [5.74, 6) is 0.615. The number of hydrogen-bond acceptors (Lipinski definition) is 3. The van der Waals surface area contributed by atoms with Gasteiger partial charge < -0.3 is 9.08 Å². The van der Waals surface area contributed by atoms with Crippen LogP contribution in [-0.2, 0) is 8.98 Å². The summed E-state index contributed by atoms with van der Waals surface area (Å²) < 4.78 is 4.90. The first-order valence-corrected chi connectivity index (χ1v) is 3.21. The van der Waals surface area contributed by atoms with Gasteiger partial charge in [-0.1, -0.05) is 0 Å². The second-order valence-electron chi connectivity index (χ2n) is 1.42. The fraction of sp³-hybridized carbons (Fsp3) is 0.750. The predicted octanol–water partition coefficient (Wildman–Crippen LogP) is -0.00850. The summed E-state index contributed by atoms with van der Waals surface area (Å²) >= 11 is 1.29. The molecule has 0 aromatic carbocycles. The fourth-order valence-corrected chi connectivity index (χ4v) is 1.02. The topological polar surface area (TPSA) is 29.5 Å². The first kappa shape index (κ1) is 5.91. The highest BCUT2D eigenvalue weighted by Gasteiger charge is 2.07. The lowest BCUT2D eigenvalue weighted by Gasteiger charge is -2.19. The third kappa shape index (κ3) is 1.38. The molecule has 1 aliphatic heterocycles. The van der Waals surface area contributed by atoms with Crippen molar-refractivity contribution in [2.24, 2.45) is 0 Å². The highest BCUT2D eigenvalue weighted by molar-refractivity contribution is 7.94. The lowest BCUT2D eigenvalue weighted by Crippen LogP contribution is -2.29. The third-order valence-corrected chi connectivity index (χ3v) is 1.62. The Hall–Kier alpha value is -0.220. The van der Waals surface area contributed by atoms with Gasteiger partial charge in [-0.3, -0.25) is 4.79 Å². The molecule has 0 N–H and O–H groups in total. The van der Waals surface area contributed by atoms with Gasteiger partial charge in [0.1, 0.15) is 0 Å². The van der Waals surface area contributed by atoms with Gasteiger partial charge in [-0.05, 0) is 0 Å². The summed E-state index contributed by atoms with van der Waals surface area (Å²) in [5, 5.41) is 0. The van der Waals surface area contributed by atoms with Gasteiger partial charge >= 0.3 is 6.41 Å². The molecule has 8 heavy (non-hydrogen) atoms. The van der Waals surface area contributed by atoms with Crippen molar-refractivity contribution in [3.63, 3.8) is 0 Å². The van der Waals surface area contributed by atoms with Crippen LogP contribution in [0.3, 0.4) is 0 Å². The van der Waals surface area contributed by atoms with Crippen molar-refractivity contribution in [2.75, 3.05) is 19.0 Å². The monoisotopic (exact) mass is 132 g/mol. The van der Waals surface area contributed by atoms with Gasteiger partial charge in [0.25, 0.3) is 0 Å². The third-order valence-electron chi connectivity index (χ3n) is 0.866. The number of nitrogens with zero attached hydrogens (tertiary/aromatic N) is 1. The molecule has 0 aromatic rings. The van der Waals surface area contributed by atoms with Crippen LogP contribution in [0.1, 0.15) is 0 Å².